The number of guanidine groups is 1. The largest absolute Gasteiger partial charge is 0.469 e. The molecule has 5 nitrogen and oxygen atoms in total. The van der Waals surface area contributed by atoms with Gasteiger partial charge in [-0.05, 0) is 38.3 Å². The van der Waals surface area contributed by atoms with Crippen LogP contribution in [0.3, 0.4) is 0 Å². The molecule has 2 rings (SSSR count). The fourth-order valence-corrected chi connectivity index (χ4v) is 2.84. The number of hydrogen-bond donors (Lipinski definition) is 2. The zero-order valence-electron chi connectivity index (χ0n) is 14.8. The van der Waals surface area contributed by atoms with Crippen LogP contribution in [0.5, 0.6) is 0 Å². The molecular formula is C18H32IN3O2. The summed E-state index contributed by atoms with van der Waals surface area (Å²) in [6.45, 7) is 5.38. The van der Waals surface area contributed by atoms with Crippen LogP contribution in [0.15, 0.2) is 27.8 Å². The molecule has 1 aliphatic carbocycles. The van der Waals surface area contributed by atoms with Crippen LogP contribution in [0.1, 0.15) is 51.2 Å². The summed E-state index contributed by atoms with van der Waals surface area (Å²) in [5.41, 5.74) is 0. The lowest BCUT2D eigenvalue weighted by atomic mass is 9.98. The Morgan fingerprint density at radius 2 is 2.12 bits per heavy atom. The zero-order valence-corrected chi connectivity index (χ0v) is 17.1. The molecule has 1 fully saturated rings. The van der Waals surface area contributed by atoms with E-state index >= 15 is 0 Å². The standard InChI is InChI=1S/C18H31N3O2.HI/c1-2-19-18(21-13-11-17-10-6-14-22-17)20-12-7-15-23-16-8-4-3-5-9-16;/h6,10,14,16H,2-5,7-9,11-13,15H2,1H3,(H2,19,20,21);1H. The first kappa shape index (κ1) is 21.3. The molecule has 1 heterocycles. The second-order valence-corrected chi connectivity index (χ2v) is 6.00. The van der Waals surface area contributed by atoms with Crippen LogP contribution >= 0.6 is 24.0 Å². The van der Waals surface area contributed by atoms with Gasteiger partial charge in [-0.2, -0.15) is 0 Å². The van der Waals surface area contributed by atoms with Crippen LogP contribution in [0.4, 0.5) is 0 Å². The first-order valence-electron chi connectivity index (χ1n) is 9.04. The van der Waals surface area contributed by atoms with Gasteiger partial charge in [0, 0.05) is 32.7 Å². The van der Waals surface area contributed by atoms with Crippen LogP contribution in [0.25, 0.3) is 0 Å². The third-order valence-corrected chi connectivity index (χ3v) is 4.07. The van der Waals surface area contributed by atoms with E-state index in [0.717, 1.165) is 50.8 Å². The molecule has 1 aromatic rings. The van der Waals surface area contributed by atoms with E-state index in [-0.39, 0.29) is 24.0 Å². The Labute approximate surface area is 163 Å². The molecule has 0 saturated heterocycles. The van der Waals surface area contributed by atoms with Crippen molar-refractivity contribution in [2.75, 3.05) is 26.2 Å². The number of rotatable bonds is 9. The first-order valence-corrected chi connectivity index (χ1v) is 9.04. The normalized spacial score (nSPS) is 15.8. The molecule has 0 aliphatic heterocycles. The maximum absolute atomic E-state index is 5.93. The van der Waals surface area contributed by atoms with Gasteiger partial charge >= 0.3 is 0 Å². The number of ether oxygens (including phenoxy) is 1. The maximum Gasteiger partial charge on any atom is 0.191 e. The molecule has 0 spiro atoms. The number of halogens is 1. The summed E-state index contributed by atoms with van der Waals surface area (Å²) in [4.78, 5) is 4.60. The predicted molar refractivity (Wildman–Crippen MR) is 109 cm³/mol. The SMILES string of the molecule is CCNC(=NCCCOC1CCCCC1)NCCc1ccco1.I. The highest BCUT2D eigenvalue weighted by atomic mass is 127. The van der Waals surface area contributed by atoms with Crippen LogP contribution < -0.4 is 10.6 Å². The van der Waals surface area contributed by atoms with E-state index in [4.69, 9.17) is 9.15 Å². The van der Waals surface area contributed by atoms with E-state index in [2.05, 4.69) is 22.5 Å². The van der Waals surface area contributed by atoms with E-state index in [1.807, 2.05) is 12.1 Å². The van der Waals surface area contributed by atoms with Crippen molar-refractivity contribution in [2.24, 2.45) is 4.99 Å². The van der Waals surface area contributed by atoms with Gasteiger partial charge in [-0.1, -0.05) is 19.3 Å². The second kappa shape index (κ2) is 13.5. The molecule has 138 valence electrons. The van der Waals surface area contributed by atoms with Gasteiger partial charge in [-0.25, -0.2) is 0 Å². The summed E-state index contributed by atoms with van der Waals surface area (Å²) in [6, 6.07) is 3.91. The van der Waals surface area contributed by atoms with Crippen LogP contribution in [0.2, 0.25) is 0 Å². The molecule has 0 atom stereocenters. The van der Waals surface area contributed by atoms with Gasteiger partial charge in [-0.3, -0.25) is 4.99 Å². The number of furan rings is 1. The molecule has 0 bridgehead atoms. The van der Waals surface area contributed by atoms with Crippen LogP contribution in [-0.2, 0) is 11.2 Å². The first-order chi connectivity index (χ1) is 11.4. The molecule has 0 radical (unpaired) electrons. The number of hydrogen-bond acceptors (Lipinski definition) is 3. The van der Waals surface area contributed by atoms with Gasteiger partial charge < -0.3 is 19.8 Å². The van der Waals surface area contributed by atoms with Crippen molar-refractivity contribution in [3.05, 3.63) is 24.2 Å². The highest BCUT2D eigenvalue weighted by Gasteiger charge is 2.12. The summed E-state index contributed by atoms with van der Waals surface area (Å²) >= 11 is 0. The van der Waals surface area contributed by atoms with Crippen molar-refractivity contribution in [3.8, 4) is 0 Å². The summed E-state index contributed by atoms with van der Waals surface area (Å²) in [5.74, 6) is 1.87. The fourth-order valence-electron chi connectivity index (χ4n) is 2.84. The molecule has 6 heteroatoms. The number of nitrogens with zero attached hydrogens (tertiary/aromatic N) is 1. The smallest absolute Gasteiger partial charge is 0.191 e. The van der Waals surface area contributed by atoms with Gasteiger partial charge in [0.2, 0.25) is 0 Å². The van der Waals surface area contributed by atoms with E-state index in [0.29, 0.717) is 6.10 Å². The van der Waals surface area contributed by atoms with Crippen molar-refractivity contribution in [1.82, 2.24) is 10.6 Å². The molecule has 24 heavy (non-hydrogen) atoms. The average Bonchev–Trinajstić information content (AvgIpc) is 3.09. The lowest BCUT2D eigenvalue weighted by molar-refractivity contribution is 0.0281. The third-order valence-electron chi connectivity index (χ3n) is 4.07. The van der Waals surface area contributed by atoms with Gasteiger partial charge in [0.15, 0.2) is 5.96 Å². The topological polar surface area (TPSA) is 58.8 Å². The van der Waals surface area contributed by atoms with Crippen molar-refractivity contribution >= 4 is 29.9 Å². The highest BCUT2D eigenvalue weighted by molar-refractivity contribution is 14.0. The Morgan fingerprint density at radius 1 is 1.29 bits per heavy atom. The fraction of sp³-hybridized carbons (Fsp3) is 0.722. The van der Waals surface area contributed by atoms with Gasteiger partial charge in [0.05, 0.1) is 12.4 Å². The molecule has 1 aliphatic rings. The minimum atomic E-state index is 0. The molecule has 1 saturated carbocycles. The van der Waals surface area contributed by atoms with Gasteiger partial charge in [-0.15, -0.1) is 24.0 Å². The summed E-state index contributed by atoms with van der Waals surface area (Å²) in [7, 11) is 0. The van der Waals surface area contributed by atoms with E-state index in [1.54, 1.807) is 6.26 Å². The molecule has 0 unspecified atom stereocenters. The quantitative estimate of drug-likeness (QED) is 0.261. The van der Waals surface area contributed by atoms with Crippen molar-refractivity contribution in [2.45, 2.75) is 58.0 Å². The minimum Gasteiger partial charge on any atom is -0.469 e. The Hall–Kier alpha value is -0.760. The Kier molecular flexibility index (Phi) is 12.0. The maximum atomic E-state index is 5.93. The van der Waals surface area contributed by atoms with E-state index < -0.39 is 0 Å². The second-order valence-electron chi connectivity index (χ2n) is 6.00. The van der Waals surface area contributed by atoms with Gasteiger partial charge in [0.25, 0.3) is 0 Å². The Bertz CT molecular complexity index is 431. The van der Waals surface area contributed by atoms with Crippen LogP contribution in [0, 0.1) is 0 Å². The highest BCUT2D eigenvalue weighted by Crippen LogP contribution is 2.20. The lowest BCUT2D eigenvalue weighted by Crippen LogP contribution is -2.38. The molecule has 2 N–H and O–H groups in total. The van der Waals surface area contributed by atoms with Crippen molar-refractivity contribution in [3.63, 3.8) is 0 Å². The van der Waals surface area contributed by atoms with Gasteiger partial charge in [0.1, 0.15) is 5.76 Å². The monoisotopic (exact) mass is 449 g/mol. The molecular weight excluding hydrogens is 417 g/mol. The summed E-state index contributed by atoms with van der Waals surface area (Å²) < 4.78 is 11.3. The minimum absolute atomic E-state index is 0. The van der Waals surface area contributed by atoms with E-state index in [9.17, 15) is 0 Å². The van der Waals surface area contributed by atoms with Crippen molar-refractivity contribution < 1.29 is 9.15 Å². The third kappa shape index (κ3) is 8.92. The molecule has 1 aromatic heterocycles. The number of nitrogens with one attached hydrogen (secondary N) is 2. The summed E-state index contributed by atoms with van der Waals surface area (Å²) in [5, 5.41) is 6.61. The molecule has 0 aromatic carbocycles. The Morgan fingerprint density at radius 3 is 2.83 bits per heavy atom. The van der Waals surface area contributed by atoms with E-state index in [1.165, 1.54) is 32.1 Å². The van der Waals surface area contributed by atoms with Crippen LogP contribution in [-0.4, -0.2) is 38.3 Å². The number of aliphatic imine (C=N–C) groups is 1. The average molecular weight is 449 g/mol. The predicted octanol–water partition coefficient (Wildman–Crippen LogP) is 3.73. The van der Waals surface area contributed by atoms with Crippen molar-refractivity contribution in [1.29, 1.82) is 0 Å². The lowest BCUT2D eigenvalue weighted by Gasteiger charge is -2.21. The molecule has 0 amide bonds. The zero-order chi connectivity index (χ0) is 16.2. The Balaban J connectivity index is 0.00000288. The summed E-state index contributed by atoms with van der Waals surface area (Å²) in [6.07, 6.45) is 10.5.